The van der Waals surface area contributed by atoms with Crippen LogP contribution in [0.3, 0.4) is 0 Å². The summed E-state index contributed by atoms with van der Waals surface area (Å²) in [6.07, 6.45) is 0.644. The Bertz CT molecular complexity index is 603. The fourth-order valence-electron chi connectivity index (χ4n) is 1.95. The maximum absolute atomic E-state index is 5.89. The van der Waals surface area contributed by atoms with E-state index in [1.54, 1.807) is 7.11 Å². The van der Waals surface area contributed by atoms with Gasteiger partial charge in [0.1, 0.15) is 17.4 Å². The number of anilines is 1. The van der Waals surface area contributed by atoms with Crippen LogP contribution in [0.4, 0.5) is 5.82 Å². The van der Waals surface area contributed by atoms with E-state index in [2.05, 4.69) is 30.7 Å². The number of nitrogens with zero attached hydrogens (tertiary/aromatic N) is 2. The summed E-state index contributed by atoms with van der Waals surface area (Å²) in [4.78, 5) is 8.95. The van der Waals surface area contributed by atoms with Gasteiger partial charge < -0.3 is 10.5 Å². The normalized spacial score (nSPS) is 11.4. The molecule has 0 fully saturated rings. The van der Waals surface area contributed by atoms with Crippen LogP contribution in [0.25, 0.3) is 0 Å². The minimum atomic E-state index is -0.0415. The Kier molecular flexibility index (Phi) is 3.93. The summed E-state index contributed by atoms with van der Waals surface area (Å²) in [6.45, 7) is 6.35. The minimum absolute atomic E-state index is 0.0415. The first kappa shape index (κ1) is 14.3. The molecule has 2 N–H and O–H groups in total. The summed E-state index contributed by atoms with van der Waals surface area (Å²) in [5, 5.41) is 0. The molecule has 1 aromatic carbocycles. The van der Waals surface area contributed by atoms with E-state index in [1.807, 2.05) is 30.3 Å². The molecule has 0 radical (unpaired) electrons. The Morgan fingerprint density at radius 3 is 2.55 bits per heavy atom. The fraction of sp³-hybridized carbons (Fsp3) is 0.375. The first-order chi connectivity index (χ1) is 9.38. The second-order valence-corrected chi connectivity index (χ2v) is 5.87. The van der Waals surface area contributed by atoms with E-state index in [9.17, 15) is 0 Å². The van der Waals surface area contributed by atoms with Gasteiger partial charge in [-0.1, -0.05) is 32.9 Å². The van der Waals surface area contributed by atoms with E-state index in [1.165, 1.54) is 0 Å². The van der Waals surface area contributed by atoms with E-state index in [4.69, 9.17) is 10.5 Å². The van der Waals surface area contributed by atoms with Crippen LogP contribution in [0, 0.1) is 0 Å². The topological polar surface area (TPSA) is 61.0 Å². The molecule has 20 heavy (non-hydrogen) atoms. The lowest BCUT2D eigenvalue weighted by molar-refractivity contribution is 0.414. The third-order valence-electron chi connectivity index (χ3n) is 3.06. The summed E-state index contributed by atoms with van der Waals surface area (Å²) in [7, 11) is 1.66. The molecular weight excluding hydrogens is 250 g/mol. The number of hydrogen-bond donors (Lipinski definition) is 1. The van der Waals surface area contributed by atoms with Crippen molar-refractivity contribution in [1.82, 2.24) is 9.97 Å². The second-order valence-electron chi connectivity index (χ2n) is 5.87. The fourth-order valence-corrected chi connectivity index (χ4v) is 1.95. The Morgan fingerprint density at radius 2 is 1.90 bits per heavy atom. The zero-order valence-corrected chi connectivity index (χ0v) is 12.5. The van der Waals surface area contributed by atoms with Gasteiger partial charge in [-0.25, -0.2) is 9.97 Å². The molecule has 4 heteroatoms. The van der Waals surface area contributed by atoms with Crippen molar-refractivity contribution in [2.45, 2.75) is 32.6 Å². The summed E-state index contributed by atoms with van der Waals surface area (Å²) in [5.41, 5.74) is 7.92. The van der Waals surface area contributed by atoms with Crippen LogP contribution in [0.2, 0.25) is 0 Å². The van der Waals surface area contributed by atoms with Gasteiger partial charge in [0.25, 0.3) is 0 Å². The number of nitrogens with two attached hydrogens (primary N) is 1. The predicted molar refractivity (Wildman–Crippen MR) is 80.9 cm³/mol. The van der Waals surface area contributed by atoms with Gasteiger partial charge in [-0.05, 0) is 17.7 Å². The molecular formula is C16H21N3O. The first-order valence-electron chi connectivity index (χ1n) is 6.65. The van der Waals surface area contributed by atoms with E-state index < -0.39 is 0 Å². The van der Waals surface area contributed by atoms with Crippen molar-refractivity contribution in [3.8, 4) is 5.75 Å². The number of aromatic nitrogens is 2. The van der Waals surface area contributed by atoms with Gasteiger partial charge in [0, 0.05) is 17.9 Å². The average Bonchev–Trinajstić information content (AvgIpc) is 2.37. The Balaban J connectivity index is 2.31. The van der Waals surface area contributed by atoms with Gasteiger partial charge >= 0.3 is 0 Å². The van der Waals surface area contributed by atoms with Gasteiger partial charge in [-0.3, -0.25) is 0 Å². The largest absolute Gasteiger partial charge is 0.497 e. The highest BCUT2D eigenvalue weighted by atomic mass is 16.5. The quantitative estimate of drug-likeness (QED) is 0.932. The highest BCUT2D eigenvalue weighted by molar-refractivity contribution is 5.35. The van der Waals surface area contributed by atoms with Crippen molar-refractivity contribution in [2.24, 2.45) is 0 Å². The zero-order valence-electron chi connectivity index (χ0n) is 12.5. The number of methoxy groups -OCH3 is 1. The number of benzene rings is 1. The zero-order chi connectivity index (χ0) is 14.8. The van der Waals surface area contributed by atoms with Crippen molar-refractivity contribution in [3.05, 3.63) is 47.4 Å². The van der Waals surface area contributed by atoms with Gasteiger partial charge in [0.2, 0.25) is 0 Å². The van der Waals surface area contributed by atoms with Crippen molar-refractivity contribution >= 4 is 5.82 Å². The lowest BCUT2D eigenvalue weighted by atomic mass is 9.92. The summed E-state index contributed by atoms with van der Waals surface area (Å²) >= 11 is 0. The molecule has 0 unspecified atom stereocenters. The Hall–Kier alpha value is -2.10. The standard InChI is InChI=1S/C16H21N3O/c1-16(2,3)13-10-14(17)19-15(18-13)9-11-6-5-7-12(8-11)20-4/h5-8,10H,9H2,1-4H3,(H2,17,18,19). The van der Waals surface area contributed by atoms with Crippen LogP contribution in [0.5, 0.6) is 5.75 Å². The Labute approximate surface area is 120 Å². The lowest BCUT2D eigenvalue weighted by Gasteiger charge is -2.18. The van der Waals surface area contributed by atoms with Gasteiger partial charge in [-0.15, -0.1) is 0 Å². The first-order valence-corrected chi connectivity index (χ1v) is 6.65. The summed E-state index contributed by atoms with van der Waals surface area (Å²) < 4.78 is 5.23. The number of ether oxygens (including phenoxy) is 1. The smallest absolute Gasteiger partial charge is 0.135 e. The minimum Gasteiger partial charge on any atom is -0.497 e. The molecule has 2 aromatic rings. The molecule has 1 aromatic heterocycles. The molecule has 0 atom stereocenters. The van der Waals surface area contributed by atoms with Crippen molar-refractivity contribution in [1.29, 1.82) is 0 Å². The van der Waals surface area contributed by atoms with Crippen molar-refractivity contribution in [3.63, 3.8) is 0 Å². The molecule has 0 aliphatic heterocycles. The molecule has 0 aliphatic rings. The molecule has 0 amide bonds. The summed E-state index contributed by atoms with van der Waals surface area (Å²) in [6, 6.07) is 9.75. The third kappa shape index (κ3) is 3.47. The van der Waals surface area contributed by atoms with E-state index in [0.29, 0.717) is 12.2 Å². The Morgan fingerprint density at radius 1 is 1.15 bits per heavy atom. The lowest BCUT2D eigenvalue weighted by Crippen LogP contribution is -2.16. The van der Waals surface area contributed by atoms with Crippen LogP contribution in [-0.4, -0.2) is 17.1 Å². The van der Waals surface area contributed by atoms with E-state index >= 15 is 0 Å². The molecule has 4 nitrogen and oxygen atoms in total. The van der Waals surface area contributed by atoms with E-state index in [-0.39, 0.29) is 5.41 Å². The van der Waals surface area contributed by atoms with Crippen LogP contribution in [0.15, 0.2) is 30.3 Å². The number of hydrogen-bond acceptors (Lipinski definition) is 4. The van der Waals surface area contributed by atoms with Crippen LogP contribution in [-0.2, 0) is 11.8 Å². The van der Waals surface area contributed by atoms with Crippen LogP contribution < -0.4 is 10.5 Å². The highest BCUT2D eigenvalue weighted by Crippen LogP contribution is 2.22. The van der Waals surface area contributed by atoms with Crippen molar-refractivity contribution in [2.75, 3.05) is 12.8 Å². The molecule has 0 aliphatic carbocycles. The maximum Gasteiger partial charge on any atom is 0.135 e. The number of rotatable bonds is 3. The molecule has 106 valence electrons. The molecule has 0 spiro atoms. The predicted octanol–water partition coefficient (Wildman–Crippen LogP) is 2.96. The highest BCUT2D eigenvalue weighted by Gasteiger charge is 2.17. The molecule has 2 rings (SSSR count). The van der Waals surface area contributed by atoms with Gasteiger partial charge in [0.05, 0.1) is 12.8 Å². The summed E-state index contributed by atoms with van der Waals surface area (Å²) in [5.74, 6) is 2.09. The second kappa shape index (κ2) is 5.49. The number of nitrogen functional groups attached to an aromatic ring is 1. The van der Waals surface area contributed by atoms with Crippen LogP contribution >= 0.6 is 0 Å². The van der Waals surface area contributed by atoms with Crippen LogP contribution in [0.1, 0.15) is 37.9 Å². The molecule has 1 heterocycles. The molecule has 0 bridgehead atoms. The van der Waals surface area contributed by atoms with E-state index in [0.717, 1.165) is 22.8 Å². The van der Waals surface area contributed by atoms with Gasteiger partial charge in [0.15, 0.2) is 0 Å². The SMILES string of the molecule is COc1cccc(Cc2nc(N)cc(C(C)(C)C)n2)c1. The third-order valence-corrected chi connectivity index (χ3v) is 3.06. The van der Waals surface area contributed by atoms with Crippen molar-refractivity contribution < 1.29 is 4.74 Å². The molecule has 0 saturated heterocycles. The monoisotopic (exact) mass is 271 g/mol. The maximum atomic E-state index is 5.89. The average molecular weight is 271 g/mol. The van der Waals surface area contributed by atoms with Gasteiger partial charge in [-0.2, -0.15) is 0 Å². The molecule has 0 saturated carbocycles.